The molecule has 2 amide bonds. The molecule has 1 heterocycles. The molecule has 5 aliphatic rings. The maximum Gasteiger partial charge on any atom is 0.242 e. The zero-order valence-corrected chi connectivity index (χ0v) is 19.4. The van der Waals surface area contributed by atoms with Gasteiger partial charge in [0, 0.05) is 18.5 Å². The lowest BCUT2D eigenvalue weighted by Crippen LogP contribution is -2.58. The molecular weight excluding hydrogens is 374 g/mol. The first-order chi connectivity index (χ1) is 14.3. The fourth-order valence-electron chi connectivity index (χ4n) is 7.33. The summed E-state index contributed by atoms with van der Waals surface area (Å²) < 4.78 is 0. The molecule has 4 bridgehead atoms. The predicted octanol–water partition coefficient (Wildman–Crippen LogP) is 3.58. The average Bonchev–Trinajstić information content (AvgIpc) is 2.68. The smallest absolute Gasteiger partial charge is 0.242 e. The largest absolute Gasteiger partial charge is 0.354 e. The number of hydrogen-bond acceptors (Lipinski definition) is 3. The second-order valence-electron chi connectivity index (χ2n) is 11.6. The van der Waals surface area contributed by atoms with Crippen LogP contribution in [0.15, 0.2) is 0 Å². The number of likely N-dealkylation sites (tertiary alicyclic amines) is 1. The summed E-state index contributed by atoms with van der Waals surface area (Å²) in [4.78, 5) is 28.8. The van der Waals surface area contributed by atoms with E-state index in [4.69, 9.17) is 0 Å². The summed E-state index contributed by atoms with van der Waals surface area (Å²) in [5.74, 6) is 3.28. The fourth-order valence-corrected chi connectivity index (χ4v) is 7.33. The normalized spacial score (nSPS) is 36.7. The third kappa shape index (κ3) is 4.87. The molecule has 5 rings (SSSR count). The van der Waals surface area contributed by atoms with E-state index >= 15 is 0 Å². The Bertz CT molecular complexity index is 597. The number of amides is 2. The summed E-state index contributed by atoms with van der Waals surface area (Å²) in [6.45, 7) is 10.5. The monoisotopic (exact) mass is 417 g/mol. The maximum absolute atomic E-state index is 13.4. The number of carbonyl (C=O) groups excluding carboxylic acids is 2. The van der Waals surface area contributed by atoms with Crippen LogP contribution < -0.4 is 10.6 Å². The van der Waals surface area contributed by atoms with Gasteiger partial charge in [0.15, 0.2) is 0 Å². The lowest BCUT2D eigenvalue weighted by Gasteiger charge is -2.55. The van der Waals surface area contributed by atoms with Crippen molar-refractivity contribution in [2.75, 3.05) is 26.2 Å². The molecule has 4 saturated carbocycles. The van der Waals surface area contributed by atoms with Crippen molar-refractivity contribution >= 4 is 11.8 Å². The molecule has 5 heteroatoms. The number of hydrogen-bond donors (Lipinski definition) is 2. The third-order valence-corrected chi connectivity index (χ3v) is 8.45. The minimum Gasteiger partial charge on any atom is -0.354 e. The third-order valence-electron chi connectivity index (χ3n) is 8.45. The SMILES string of the molecule is CC1CCCN(CCCNC(=O)C(NC(=O)C23CC4CC(CC(C4)C2)C3)C(C)C)C1. The molecule has 5 nitrogen and oxygen atoms in total. The lowest BCUT2D eigenvalue weighted by molar-refractivity contribution is -0.149. The Kier molecular flexibility index (Phi) is 6.76. The van der Waals surface area contributed by atoms with E-state index in [1.165, 1.54) is 45.2 Å². The van der Waals surface area contributed by atoms with Crippen LogP contribution in [0.5, 0.6) is 0 Å². The van der Waals surface area contributed by atoms with Crippen LogP contribution in [-0.2, 0) is 9.59 Å². The first kappa shape index (κ1) is 22.1. The van der Waals surface area contributed by atoms with Crippen LogP contribution in [0.4, 0.5) is 0 Å². The summed E-state index contributed by atoms with van der Waals surface area (Å²) >= 11 is 0. The van der Waals surface area contributed by atoms with Gasteiger partial charge in [0.25, 0.3) is 0 Å². The van der Waals surface area contributed by atoms with Crippen molar-refractivity contribution in [1.82, 2.24) is 15.5 Å². The molecule has 170 valence electrons. The molecule has 30 heavy (non-hydrogen) atoms. The predicted molar refractivity (Wildman–Crippen MR) is 120 cm³/mol. The van der Waals surface area contributed by atoms with Gasteiger partial charge in [-0.1, -0.05) is 20.8 Å². The lowest BCUT2D eigenvalue weighted by atomic mass is 9.49. The van der Waals surface area contributed by atoms with Gasteiger partial charge in [0.05, 0.1) is 0 Å². The van der Waals surface area contributed by atoms with Crippen LogP contribution in [-0.4, -0.2) is 48.9 Å². The van der Waals surface area contributed by atoms with Crippen molar-refractivity contribution in [3.05, 3.63) is 0 Å². The van der Waals surface area contributed by atoms with Crippen molar-refractivity contribution in [3.63, 3.8) is 0 Å². The number of rotatable bonds is 8. The first-order valence-electron chi connectivity index (χ1n) is 12.7. The zero-order valence-electron chi connectivity index (χ0n) is 19.4. The molecule has 5 fully saturated rings. The topological polar surface area (TPSA) is 61.4 Å². The summed E-state index contributed by atoms with van der Waals surface area (Å²) in [5, 5.41) is 6.32. The van der Waals surface area contributed by atoms with E-state index in [0.29, 0.717) is 6.54 Å². The zero-order chi connectivity index (χ0) is 21.3. The Morgan fingerprint density at radius 1 is 1.07 bits per heavy atom. The Balaban J connectivity index is 1.26. The average molecular weight is 418 g/mol. The van der Waals surface area contributed by atoms with Crippen LogP contribution in [0, 0.1) is 35.0 Å². The van der Waals surface area contributed by atoms with Crippen molar-refractivity contribution in [3.8, 4) is 0 Å². The number of piperidine rings is 1. The van der Waals surface area contributed by atoms with Gasteiger partial charge in [-0.15, -0.1) is 0 Å². The van der Waals surface area contributed by atoms with Gasteiger partial charge in [0.1, 0.15) is 6.04 Å². The Hall–Kier alpha value is -1.10. The number of nitrogens with zero attached hydrogens (tertiary/aromatic N) is 1. The molecule has 1 aliphatic heterocycles. The van der Waals surface area contributed by atoms with Crippen molar-refractivity contribution in [2.45, 2.75) is 84.6 Å². The molecule has 1 saturated heterocycles. The van der Waals surface area contributed by atoms with Crippen LogP contribution >= 0.6 is 0 Å². The Morgan fingerprint density at radius 3 is 2.27 bits per heavy atom. The summed E-state index contributed by atoms with van der Waals surface area (Å²) in [7, 11) is 0. The minimum absolute atomic E-state index is 0.00455. The molecule has 0 aromatic rings. The Labute approximate surface area is 183 Å². The van der Waals surface area contributed by atoms with Crippen molar-refractivity contribution < 1.29 is 9.59 Å². The van der Waals surface area contributed by atoms with Crippen LogP contribution in [0.25, 0.3) is 0 Å². The Morgan fingerprint density at radius 2 is 1.70 bits per heavy atom. The van der Waals surface area contributed by atoms with Gasteiger partial charge < -0.3 is 15.5 Å². The molecule has 2 unspecified atom stereocenters. The van der Waals surface area contributed by atoms with Gasteiger partial charge in [0.2, 0.25) is 11.8 Å². The van der Waals surface area contributed by atoms with Gasteiger partial charge >= 0.3 is 0 Å². The van der Waals surface area contributed by atoms with E-state index in [-0.39, 0.29) is 23.1 Å². The van der Waals surface area contributed by atoms with Gasteiger partial charge in [-0.05, 0) is 100 Å². The highest BCUT2D eigenvalue weighted by Gasteiger charge is 2.55. The van der Waals surface area contributed by atoms with Gasteiger partial charge in [-0.3, -0.25) is 9.59 Å². The molecule has 0 radical (unpaired) electrons. The highest BCUT2D eigenvalue weighted by Crippen LogP contribution is 2.60. The molecule has 0 aromatic heterocycles. The van der Waals surface area contributed by atoms with Gasteiger partial charge in [-0.25, -0.2) is 0 Å². The van der Waals surface area contributed by atoms with E-state index in [1.807, 2.05) is 13.8 Å². The maximum atomic E-state index is 13.4. The van der Waals surface area contributed by atoms with Crippen LogP contribution in [0.2, 0.25) is 0 Å². The minimum atomic E-state index is -0.416. The number of nitrogens with one attached hydrogen (secondary N) is 2. The highest BCUT2D eigenvalue weighted by atomic mass is 16.2. The van der Waals surface area contributed by atoms with Gasteiger partial charge in [-0.2, -0.15) is 0 Å². The molecule has 2 atom stereocenters. The number of carbonyl (C=O) groups is 2. The summed E-state index contributed by atoms with van der Waals surface area (Å²) in [5.41, 5.74) is -0.187. The fraction of sp³-hybridized carbons (Fsp3) is 0.920. The second-order valence-corrected chi connectivity index (χ2v) is 11.6. The van der Waals surface area contributed by atoms with E-state index in [1.54, 1.807) is 0 Å². The molecule has 4 aliphatic carbocycles. The first-order valence-corrected chi connectivity index (χ1v) is 12.7. The quantitative estimate of drug-likeness (QED) is 0.594. The van der Waals surface area contributed by atoms with E-state index in [0.717, 1.165) is 55.9 Å². The van der Waals surface area contributed by atoms with Crippen LogP contribution in [0.3, 0.4) is 0 Å². The van der Waals surface area contributed by atoms with E-state index in [2.05, 4.69) is 22.5 Å². The second kappa shape index (κ2) is 9.18. The van der Waals surface area contributed by atoms with Crippen molar-refractivity contribution in [1.29, 1.82) is 0 Å². The van der Waals surface area contributed by atoms with Crippen LogP contribution in [0.1, 0.15) is 78.6 Å². The highest BCUT2D eigenvalue weighted by molar-refractivity contribution is 5.90. The van der Waals surface area contributed by atoms with E-state index < -0.39 is 6.04 Å². The molecule has 0 spiro atoms. The molecular formula is C25H43N3O2. The van der Waals surface area contributed by atoms with Crippen molar-refractivity contribution in [2.24, 2.45) is 35.0 Å². The molecule has 0 aromatic carbocycles. The summed E-state index contributed by atoms with van der Waals surface area (Å²) in [6, 6.07) is -0.416. The standard InChI is InChI=1S/C25H43N3O2/c1-17(2)22(23(29)26-7-5-9-28-8-4-6-18(3)16-28)27-24(30)25-13-19-10-20(14-25)12-21(11-19)15-25/h17-22H,4-16H2,1-3H3,(H,26,29)(H,27,30). The summed E-state index contributed by atoms with van der Waals surface area (Å²) in [6.07, 6.45) is 10.7. The molecule has 2 N–H and O–H groups in total. The van der Waals surface area contributed by atoms with E-state index in [9.17, 15) is 9.59 Å².